The number of hydrogen-bond donors (Lipinski definition) is 2. The quantitative estimate of drug-likeness (QED) is 0.866. The van der Waals surface area contributed by atoms with Crippen molar-refractivity contribution in [2.75, 3.05) is 32.0 Å². The number of anilines is 1. The van der Waals surface area contributed by atoms with E-state index >= 15 is 0 Å². The number of benzene rings is 1. The molecule has 0 saturated carbocycles. The number of amides is 2. The van der Waals surface area contributed by atoms with Crippen molar-refractivity contribution in [1.29, 1.82) is 0 Å². The number of carbonyl (C=O) groups excluding carboxylic acids is 2. The van der Waals surface area contributed by atoms with Crippen molar-refractivity contribution < 1.29 is 9.59 Å². The molecule has 0 bridgehead atoms. The molecule has 2 amide bonds. The normalized spacial score (nSPS) is 15.0. The molecule has 5 nitrogen and oxygen atoms in total. The largest absolute Gasteiger partial charge is 0.339 e. The van der Waals surface area contributed by atoms with Gasteiger partial charge in [0.25, 0.3) is 5.91 Å². The zero-order valence-electron chi connectivity index (χ0n) is 13.8. The van der Waals surface area contributed by atoms with Gasteiger partial charge in [-0.25, -0.2) is 0 Å². The van der Waals surface area contributed by atoms with Crippen LogP contribution in [0.1, 0.15) is 36.5 Å². The highest BCUT2D eigenvalue weighted by Crippen LogP contribution is 2.19. The van der Waals surface area contributed by atoms with Crippen molar-refractivity contribution in [3.05, 3.63) is 29.8 Å². The van der Waals surface area contributed by atoms with E-state index in [-0.39, 0.29) is 24.2 Å². The van der Waals surface area contributed by atoms with Crippen LogP contribution in [0.2, 0.25) is 0 Å². The van der Waals surface area contributed by atoms with Gasteiger partial charge in [-0.15, -0.1) is 12.4 Å². The van der Waals surface area contributed by atoms with Crippen LogP contribution in [0.3, 0.4) is 0 Å². The minimum Gasteiger partial charge on any atom is -0.339 e. The average Bonchev–Trinajstić information content (AvgIpc) is 2.54. The molecule has 0 aromatic heterocycles. The van der Waals surface area contributed by atoms with Crippen LogP contribution in [-0.4, -0.2) is 43.4 Å². The topological polar surface area (TPSA) is 61.4 Å². The van der Waals surface area contributed by atoms with Crippen LogP contribution in [-0.2, 0) is 4.79 Å². The SMILES string of the molecule is CNCCC(=O)Nc1ccc(C(=O)N2CCC(C)CC2)cc1.Cl. The fraction of sp³-hybridized carbons (Fsp3) is 0.529. The highest BCUT2D eigenvalue weighted by molar-refractivity contribution is 5.95. The molecule has 1 aliphatic heterocycles. The van der Waals surface area contributed by atoms with Gasteiger partial charge >= 0.3 is 0 Å². The number of piperidine rings is 1. The van der Waals surface area contributed by atoms with Gasteiger partial charge in [-0.05, 0) is 50.1 Å². The standard InChI is InChI=1S/C17H25N3O2.ClH/c1-13-8-11-20(12-9-13)17(22)14-3-5-15(6-4-14)19-16(21)7-10-18-2;/h3-6,13,18H,7-12H2,1-2H3,(H,19,21);1H. The van der Waals surface area contributed by atoms with Crippen molar-refractivity contribution in [2.45, 2.75) is 26.2 Å². The average molecular weight is 340 g/mol. The molecule has 2 N–H and O–H groups in total. The molecule has 1 aliphatic rings. The number of hydrogen-bond acceptors (Lipinski definition) is 3. The zero-order valence-corrected chi connectivity index (χ0v) is 14.6. The van der Waals surface area contributed by atoms with Crippen molar-refractivity contribution in [1.82, 2.24) is 10.2 Å². The number of carbonyl (C=O) groups is 2. The van der Waals surface area contributed by atoms with Crippen molar-refractivity contribution in [3.63, 3.8) is 0 Å². The third-order valence-electron chi connectivity index (χ3n) is 4.09. The summed E-state index contributed by atoms with van der Waals surface area (Å²) in [6, 6.07) is 7.15. The van der Waals surface area contributed by atoms with Crippen molar-refractivity contribution in [3.8, 4) is 0 Å². The summed E-state index contributed by atoms with van der Waals surface area (Å²) in [6.07, 6.45) is 2.58. The first-order valence-electron chi connectivity index (χ1n) is 7.94. The van der Waals surface area contributed by atoms with E-state index in [1.165, 1.54) is 0 Å². The Kier molecular flexibility index (Phi) is 8.06. The van der Waals surface area contributed by atoms with Gasteiger partial charge in [0.1, 0.15) is 0 Å². The Balaban J connectivity index is 0.00000264. The predicted octanol–water partition coefficient (Wildman–Crippen LogP) is 2.53. The molecule has 1 heterocycles. The van der Waals surface area contributed by atoms with E-state index in [0.29, 0.717) is 24.4 Å². The lowest BCUT2D eigenvalue weighted by Crippen LogP contribution is -2.37. The molecule has 1 aromatic carbocycles. The second-order valence-electron chi connectivity index (χ2n) is 5.95. The second kappa shape index (κ2) is 9.53. The number of rotatable bonds is 5. The Hall–Kier alpha value is -1.59. The van der Waals surface area contributed by atoms with Gasteiger partial charge in [-0.1, -0.05) is 6.92 Å². The summed E-state index contributed by atoms with van der Waals surface area (Å²) < 4.78 is 0. The van der Waals surface area contributed by atoms with E-state index in [1.54, 1.807) is 24.3 Å². The molecule has 0 aliphatic carbocycles. The predicted molar refractivity (Wildman–Crippen MR) is 95.2 cm³/mol. The molecule has 2 rings (SSSR count). The van der Waals surface area contributed by atoms with E-state index in [9.17, 15) is 9.59 Å². The number of likely N-dealkylation sites (tertiary alicyclic amines) is 1. The summed E-state index contributed by atoms with van der Waals surface area (Å²) in [5.41, 5.74) is 1.41. The summed E-state index contributed by atoms with van der Waals surface area (Å²) >= 11 is 0. The van der Waals surface area contributed by atoms with Crippen LogP contribution in [0, 0.1) is 5.92 Å². The van der Waals surface area contributed by atoms with E-state index < -0.39 is 0 Å². The van der Waals surface area contributed by atoms with Crippen LogP contribution in [0.25, 0.3) is 0 Å². The molecule has 23 heavy (non-hydrogen) atoms. The lowest BCUT2D eigenvalue weighted by Gasteiger charge is -2.30. The van der Waals surface area contributed by atoms with Gasteiger partial charge < -0.3 is 15.5 Å². The van der Waals surface area contributed by atoms with E-state index in [4.69, 9.17) is 0 Å². The number of nitrogens with one attached hydrogen (secondary N) is 2. The minimum absolute atomic E-state index is 0. The van der Waals surface area contributed by atoms with Gasteiger partial charge in [0, 0.05) is 37.3 Å². The minimum atomic E-state index is -0.0292. The smallest absolute Gasteiger partial charge is 0.253 e. The molecule has 0 spiro atoms. The molecular formula is C17H26ClN3O2. The molecule has 1 saturated heterocycles. The zero-order chi connectivity index (χ0) is 15.9. The van der Waals surface area contributed by atoms with Crippen LogP contribution in [0.15, 0.2) is 24.3 Å². The molecule has 1 fully saturated rings. The summed E-state index contributed by atoms with van der Waals surface area (Å²) in [6.45, 7) is 4.55. The van der Waals surface area contributed by atoms with Crippen LogP contribution >= 0.6 is 12.4 Å². The maximum atomic E-state index is 12.4. The Morgan fingerprint density at radius 2 is 1.78 bits per heavy atom. The molecule has 128 valence electrons. The third kappa shape index (κ3) is 5.84. The first-order valence-corrected chi connectivity index (χ1v) is 7.94. The van der Waals surface area contributed by atoms with Gasteiger partial charge in [0.05, 0.1) is 0 Å². The summed E-state index contributed by atoms with van der Waals surface area (Å²) in [5.74, 6) is 0.762. The number of nitrogens with zero attached hydrogens (tertiary/aromatic N) is 1. The fourth-order valence-electron chi connectivity index (χ4n) is 2.55. The second-order valence-corrected chi connectivity index (χ2v) is 5.95. The van der Waals surface area contributed by atoms with E-state index in [1.807, 2.05) is 11.9 Å². The van der Waals surface area contributed by atoms with Crippen molar-refractivity contribution in [2.24, 2.45) is 5.92 Å². The van der Waals surface area contributed by atoms with E-state index in [2.05, 4.69) is 17.6 Å². The molecule has 1 aromatic rings. The molecule has 0 unspecified atom stereocenters. The van der Waals surface area contributed by atoms with Crippen LogP contribution in [0.4, 0.5) is 5.69 Å². The summed E-state index contributed by atoms with van der Waals surface area (Å²) in [4.78, 5) is 26.0. The molecule has 0 atom stereocenters. The highest BCUT2D eigenvalue weighted by Gasteiger charge is 2.21. The van der Waals surface area contributed by atoms with Crippen LogP contribution < -0.4 is 10.6 Å². The monoisotopic (exact) mass is 339 g/mol. The van der Waals surface area contributed by atoms with Gasteiger partial charge in [0.2, 0.25) is 5.91 Å². The highest BCUT2D eigenvalue weighted by atomic mass is 35.5. The van der Waals surface area contributed by atoms with Crippen LogP contribution in [0.5, 0.6) is 0 Å². The first kappa shape index (κ1) is 19.5. The Morgan fingerprint density at radius 1 is 1.17 bits per heavy atom. The Bertz CT molecular complexity index is 511. The molecule has 0 radical (unpaired) electrons. The van der Waals surface area contributed by atoms with Gasteiger partial charge in [0.15, 0.2) is 0 Å². The molecule has 6 heteroatoms. The summed E-state index contributed by atoms with van der Waals surface area (Å²) in [5, 5.41) is 5.76. The maximum Gasteiger partial charge on any atom is 0.253 e. The lowest BCUT2D eigenvalue weighted by molar-refractivity contribution is -0.116. The summed E-state index contributed by atoms with van der Waals surface area (Å²) in [7, 11) is 1.81. The first-order chi connectivity index (χ1) is 10.6. The van der Waals surface area contributed by atoms with Gasteiger partial charge in [-0.3, -0.25) is 9.59 Å². The number of halogens is 1. The lowest BCUT2D eigenvalue weighted by atomic mass is 9.98. The fourth-order valence-corrected chi connectivity index (χ4v) is 2.55. The Labute approximate surface area is 144 Å². The maximum absolute atomic E-state index is 12.4. The van der Waals surface area contributed by atoms with Crippen molar-refractivity contribution >= 4 is 29.9 Å². The Morgan fingerprint density at radius 3 is 2.35 bits per heavy atom. The van der Waals surface area contributed by atoms with Gasteiger partial charge in [-0.2, -0.15) is 0 Å². The molecular weight excluding hydrogens is 314 g/mol. The third-order valence-corrected chi connectivity index (χ3v) is 4.09. The van der Waals surface area contributed by atoms with E-state index in [0.717, 1.165) is 31.6 Å².